The number of methoxy groups -OCH3 is 1. The third-order valence-electron chi connectivity index (χ3n) is 2.69. The van der Waals surface area contributed by atoms with Gasteiger partial charge in [-0.3, -0.25) is 4.79 Å². The number of rotatable bonds is 4. The molecule has 1 amide bonds. The van der Waals surface area contributed by atoms with Crippen molar-refractivity contribution in [2.45, 2.75) is 0 Å². The molecule has 0 saturated heterocycles. The molecule has 0 fully saturated rings. The topological polar surface area (TPSA) is 70.9 Å². The summed E-state index contributed by atoms with van der Waals surface area (Å²) in [5.74, 6) is -0.531. The van der Waals surface area contributed by atoms with E-state index in [9.17, 15) is 14.3 Å². The number of nitrogens with zero attached hydrogens (tertiary/aromatic N) is 1. The van der Waals surface area contributed by atoms with Gasteiger partial charge in [0.1, 0.15) is 5.82 Å². The van der Waals surface area contributed by atoms with Crippen LogP contribution >= 0.6 is 0 Å². The zero-order valence-corrected chi connectivity index (χ0v) is 11.2. The van der Waals surface area contributed by atoms with Gasteiger partial charge >= 0.3 is 0 Å². The van der Waals surface area contributed by atoms with E-state index in [2.05, 4.69) is 10.5 Å². The molecule has 0 aliphatic carbocycles. The van der Waals surface area contributed by atoms with Crippen molar-refractivity contribution in [3.63, 3.8) is 0 Å². The van der Waals surface area contributed by atoms with E-state index in [1.54, 1.807) is 12.1 Å². The molecule has 0 saturated carbocycles. The van der Waals surface area contributed by atoms with E-state index in [1.165, 1.54) is 43.7 Å². The Kier molecular flexibility index (Phi) is 4.50. The number of nitrogens with one attached hydrogen (secondary N) is 1. The van der Waals surface area contributed by atoms with Crippen molar-refractivity contribution >= 4 is 12.1 Å². The van der Waals surface area contributed by atoms with Gasteiger partial charge in [0, 0.05) is 5.56 Å². The first kappa shape index (κ1) is 14.5. The van der Waals surface area contributed by atoms with Crippen LogP contribution in [0.15, 0.2) is 47.6 Å². The maximum Gasteiger partial charge on any atom is 0.271 e. The second-order valence-corrected chi connectivity index (χ2v) is 4.14. The summed E-state index contributed by atoms with van der Waals surface area (Å²) < 4.78 is 17.7. The van der Waals surface area contributed by atoms with Gasteiger partial charge in [-0.25, -0.2) is 9.82 Å². The Morgan fingerprint density at radius 1 is 1.29 bits per heavy atom. The van der Waals surface area contributed by atoms with E-state index in [0.29, 0.717) is 16.9 Å². The van der Waals surface area contributed by atoms with Crippen molar-refractivity contribution in [1.29, 1.82) is 0 Å². The zero-order chi connectivity index (χ0) is 15.2. The summed E-state index contributed by atoms with van der Waals surface area (Å²) in [7, 11) is 1.44. The number of ether oxygens (including phenoxy) is 1. The highest BCUT2D eigenvalue weighted by Crippen LogP contribution is 2.25. The summed E-state index contributed by atoms with van der Waals surface area (Å²) in [5.41, 5.74) is 3.27. The first-order valence-corrected chi connectivity index (χ1v) is 6.06. The number of amides is 1. The molecule has 5 nitrogen and oxygen atoms in total. The Balaban J connectivity index is 2.02. The van der Waals surface area contributed by atoms with Gasteiger partial charge in [-0.2, -0.15) is 5.10 Å². The van der Waals surface area contributed by atoms with Gasteiger partial charge in [0.05, 0.1) is 13.3 Å². The fourth-order valence-corrected chi connectivity index (χ4v) is 1.61. The van der Waals surface area contributed by atoms with Gasteiger partial charge in [0.25, 0.3) is 5.91 Å². The summed E-state index contributed by atoms with van der Waals surface area (Å²) in [4.78, 5) is 11.7. The molecule has 2 aromatic carbocycles. The van der Waals surface area contributed by atoms with E-state index in [-0.39, 0.29) is 5.75 Å². The van der Waals surface area contributed by atoms with Crippen LogP contribution in [0.4, 0.5) is 4.39 Å². The molecule has 0 unspecified atom stereocenters. The Morgan fingerprint density at radius 3 is 2.67 bits per heavy atom. The molecule has 108 valence electrons. The predicted molar refractivity (Wildman–Crippen MR) is 76.1 cm³/mol. The maximum atomic E-state index is 12.7. The normalized spacial score (nSPS) is 10.6. The average Bonchev–Trinajstić information content (AvgIpc) is 2.49. The number of hydrogen-bond acceptors (Lipinski definition) is 4. The Labute approximate surface area is 120 Å². The molecular formula is C15H13FN2O3. The lowest BCUT2D eigenvalue weighted by Crippen LogP contribution is -2.17. The molecule has 0 aliphatic heterocycles. The molecule has 0 heterocycles. The maximum absolute atomic E-state index is 12.7. The molecule has 0 spiro atoms. The van der Waals surface area contributed by atoms with Crippen molar-refractivity contribution in [2.75, 3.05) is 7.11 Å². The van der Waals surface area contributed by atoms with Crippen molar-refractivity contribution in [2.24, 2.45) is 5.10 Å². The summed E-state index contributed by atoms with van der Waals surface area (Å²) in [6.45, 7) is 0. The van der Waals surface area contributed by atoms with Gasteiger partial charge < -0.3 is 9.84 Å². The molecular weight excluding hydrogens is 275 g/mol. The molecule has 2 rings (SSSR count). The lowest BCUT2D eigenvalue weighted by molar-refractivity contribution is 0.0955. The fraction of sp³-hybridized carbons (Fsp3) is 0.0667. The van der Waals surface area contributed by atoms with E-state index in [0.717, 1.165) is 0 Å². The highest BCUT2D eigenvalue weighted by molar-refractivity contribution is 5.94. The first-order valence-electron chi connectivity index (χ1n) is 6.06. The van der Waals surface area contributed by atoms with Gasteiger partial charge in [-0.05, 0) is 48.0 Å². The van der Waals surface area contributed by atoms with Crippen molar-refractivity contribution in [3.8, 4) is 11.5 Å². The summed E-state index contributed by atoms with van der Waals surface area (Å²) >= 11 is 0. The fourth-order valence-electron chi connectivity index (χ4n) is 1.61. The van der Waals surface area contributed by atoms with E-state index in [4.69, 9.17) is 4.74 Å². The Bertz CT molecular complexity index is 669. The number of phenolic OH excluding ortho intramolecular Hbond substituents is 1. The van der Waals surface area contributed by atoms with Crippen LogP contribution in [0.3, 0.4) is 0 Å². The lowest BCUT2D eigenvalue weighted by atomic mass is 10.2. The monoisotopic (exact) mass is 288 g/mol. The largest absolute Gasteiger partial charge is 0.504 e. The van der Waals surface area contributed by atoms with Crippen molar-refractivity contribution < 1.29 is 19.0 Å². The predicted octanol–water partition coefficient (Wildman–Crippen LogP) is 2.30. The average molecular weight is 288 g/mol. The first-order chi connectivity index (χ1) is 10.1. The molecule has 0 aromatic heterocycles. The van der Waals surface area contributed by atoms with E-state index < -0.39 is 11.7 Å². The number of hydrazone groups is 1. The number of hydrogen-bond donors (Lipinski definition) is 2. The summed E-state index contributed by atoms with van der Waals surface area (Å²) in [5, 5.41) is 13.2. The number of carbonyl (C=O) groups excluding carboxylic acids is 1. The minimum Gasteiger partial charge on any atom is -0.504 e. The minimum atomic E-state index is -0.447. The van der Waals surface area contributed by atoms with Gasteiger partial charge in [-0.1, -0.05) is 0 Å². The molecule has 0 aliphatic rings. The smallest absolute Gasteiger partial charge is 0.271 e. The standard InChI is InChI=1S/C15H13FN2O3/c1-21-14-8-10(2-7-13(14)19)9-17-18-15(20)11-3-5-12(16)6-4-11/h2-9,19H,1H3,(H,18,20)/b17-9+. The van der Waals surface area contributed by atoms with E-state index >= 15 is 0 Å². The number of halogens is 1. The third kappa shape index (κ3) is 3.79. The molecule has 0 radical (unpaired) electrons. The highest BCUT2D eigenvalue weighted by Gasteiger charge is 2.04. The molecule has 2 N–H and O–H groups in total. The minimum absolute atomic E-state index is 0.0185. The quantitative estimate of drug-likeness (QED) is 0.670. The van der Waals surface area contributed by atoms with Crippen LogP contribution < -0.4 is 10.2 Å². The van der Waals surface area contributed by atoms with Crippen LogP contribution in [0.25, 0.3) is 0 Å². The molecule has 21 heavy (non-hydrogen) atoms. The lowest BCUT2D eigenvalue weighted by Gasteiger charge is -2.03. The number of carbonyl (C=O) groups is 1. The summed E-state index contributed by atoms with van der Waals surface area (Å²) in [6.07, 6.45) is 1.41. The van der Waals surface area contributed by atoms with Gasteiger partial charge in [-0.15, -0.1) is 0 Å². The second-order valence-electron chi connectivity index (χ2n) is 4.14. The third-order valence-corrected chi connectivity index (χ3v) is 2.69. The van der Waals surface area contributed by atoms with Gasteiger partial charge in [0.2, 0.25) is 0 Å². The van der Waals surface area contributed by atoms with Gasteiger partial charge in [0.15, 0.2) is 11.5 Å². The van der Waals surface area contributed by atoms with Crippen LogP contribution in [0.5, 0.6) is 11.5 Å². The SMILES string of the molecule is COc1cc(/C=N/NC(=O)c2ccc(F)cc2)ccc1O. The molecule has 6 heteroatoms. The molecule has 0 atom stereocenters. The van der Waals surface area contributed by atoms with Crippen LogP contribution in [0, 0.1) is 5.82 Å². The Morgan fingerprint density at radius 2 is 2.00 bits per heavy atom. The molecule has 2 aromatic rings. The van der Waals surface area contributed by atoms with Crippen LogP contribution in [0.2, 0.25) is 0 Å². The van der Waals surface area contributed by atoms with Crippen LogP contribution in [-0.2, 0) is 0 Å². The second kappa shape index (κ2) is 6.51. The van der Waals surface area contributed by atoms with Crippen LogP contribution in [-0.4, -0.2) is 24.3 Å². The summed E-state index contributed by atoms with van der Waals surface area (Å²) in [6, 6.07) is 9.77. The highest BCUT2D eigenvalue weighted by atomic mass is 19.1. The van der Waals surface area contributed by atoms with Crippen LogP contribution in [0.1, 0.15) is 15.9 Å². The Hall–Kier alpha value is -2.89. The number of phenols is 1. The van der Waals surface area contributed by atoms with Crippen molar-refractivity contribution in [1.82, 2.24) is 5.43 Å². The number of aromatic hydroxyl groups is 1. The zero-order valence-electron chi connectivity index (χ0n) is 11.2. The van der Waals surface area contributed by atoms with Crippen molar-refractivity contribution in [3.05, 3.63) is 59.4 Å². The van der Waals surface area contributed by atoms with E-state index in [1.807, 2.05) is 0 Å². The molecule has 0 bridgehead atoms. The number of benzene rings is 2.